The van der Waals surface area contributed by atoms with Crippen LogP contribution in [0.25, 0.3) is 0 Å². The molecule has 0 saturated heterocycles. The summed E-state index contributed by atoms with van der Waals surface area (Å²) in [5.74, 6) is 0.845. The Morgan fingerprint density at radius 3 is 2.76 bits per heavy atom. The second-order valence-electron chi connectivity index (χ2n) is 5.00. The van der Waals surface area contributed by atoms with Crippen molar-refractivity contribution in [3.63, 3.8) is 0 Å². The van der Waals surface area contributed by atoms with Crippen molar-refractivity contribution in [1.29, 1.82) is 0 Å². The molecule has 0 radical (unpaired) electrons. The van der Waals surface area contributed by atoms with Crippen LogP contribution in [0.15, 0.2) is 36.4 Å². The largest absolute Gasteiger partial charge is 0.496 e. The maximum Gasteiger partial charge on any atom is 0.124 e. The fourth-order valence-electron chi connectivity index (χ4n) is 2.94. The molecule has 0 aliphatic carbocycles. The van der Waals surface area contributed by atoms with Gasteiger partial charge in [0, 0.05) is 39.9 Å². The van der Waals surface area contributed by atoms with Crippen LogP contribution in [-0.2, 0) is 6.54 Å². The minimum Gasteiger partial charge on any atom is -0.496 e. The lowest BCUT2D eigenvalue weighted by atomic mass is 10.0. The molecular weight excluding hydrogens is 307 g/mol. The van der Waals surface area contributed by atoms with Crippen LogP contribution < -0.4 is 15.4 Å². The fraction of sp³-hybridized carbons (Fsp3) is 0.250. The normalized spacial score (nSPS) is 17.0. The maximum atomic E-state index is 6.39. The van der Waals surface area contributed by atoms with Gasteiger partial charge in [-0.2, -0.15) is 0 Å². The van der Waals surface area contributed by atoms with Crippen LogP contribution in [0, 0.1) is 0 Å². The third-order valence-electron chi connectivity index (χ3n) is 3.88. The Morgan fingerprint density at radius 1 is 1.29 bits per heavy atom. The predicted molar refractivity (Wildman–Crippen MR) is 87.4 cm³/mol. The van der Waals surface area contributed by atoms with E-state index in [1.165, 1.54) is 0 Å². The van der Waals surface area contributed by atoms with Crippen LogP contribution in [0.2, 0.25) is 10.0 Å². The molecule has 1 atom stereocenters. The number of methoxy groups -OCH3 is 1. The van der Waals surface area contributed by atoms with E-state index in [-0.39, 0.29) is 6.04 Å². The van der Waals surface area contributed by atoms with Gasteiger partial charge < -0.3 is 15.4 Å². The standard InChI is InChI=1S/C16H16Cl2N2O/c1-21-15-6-5-13(18)16-12(15)9-20(14(16)8-19)11-4-2-3-10(17)7-11/h2-7,14H,8-9,19H2,1H3. The lowest BCUT2D eigenvalue weighted by molar-refractivity contribution is 0.410. The van der Waals surface area contributed by atoms with E-state index in [9.17, 15) is 0 Å². The van der Waals surface area contributed by atoms with Crippen molar-refractivity contribution in [2.24, 2.45) is 5.73 Å². The molecule has 5 heteroatoms. The fourth-order valence-corrected chi connectivity index (χ4v) is 3.43. The molecule has 21 heavy (non-hydrogen) atoms. The average Bonchev–Trinajstić information content (AvgIpc) is 2.88. The van der Waals surface area contributed by atoms with Crippen molar-refractivity contribution >= 4 is 28.9 Å². The topological polar surface area (TPSA) is 38.5 Å². The molecule has 2 aromatic rings. The van der Waals surface area contributed by atoms with Crippen LogP contribution >= 0.6 is 23.2 Å². The van der Waals surface area contributed by atoms with Crippen molar-refractivity contribution in [3.8, 4) is 5.75 Å². The zero-order chi connectivity index (χ0) is 15.0. The number of halogens is 2. The van der Waals surface area contributed by atoms with E-state index in [4.69, 9.17) is 33.7 Å². The number of hydrogen-bond acceptors (Lipinski definition) is 3. The summed E-state index contributed by atoms with van der Waals surface area (Å²) in [6.45, 7) is 1.19. The molecule has 3 nitrogen and oxygen atoms in total. The number of ether oxygens (including phenoxy) is 1. The summed E-state index contributed by atoms with van der Waals surface area (Å²) < 4.78 is 5.46. The Morgan fingerprint density at radius 2 is 2.10 bits per heavy atom. The second kappa shape index (κ2) is 5.76. The van der Waals surface area contributed by atoms with E-state index in [1.807, 2.05) is 36.4 Å². The van der Waals surface area contributed by atoms with Crippen LogP contribution in [0.5, 0.6) is 5.75 Å². The maximum absolute atomic E-state index is 6.39. The second-order valence-corrected chi connectivity index (χ2v) is 5.84. The molecule has 2 aromatic carbocycles. The van der Waals surface area contributed by atoms with Gasteiger partial charge >= 0.3 is 0 Å². The van der Waals surface area contributed by atoms with Gasteiger partial charge in [-0.25, -0.2) is 0 Å². The minimum absolute atomic E-state index is 0.0288. The monoisotopic (exact) mass is 322 g/mol. The SMILES string of the molecule is COc1ccc(Cl)c2c1CN(c1cccc(Cl)c1)C2CN. The number of rotatable bonds is 3. The third-order valence-corrected chi connectivity index (χ3v) is 4.45. The zero-order valence-corrected chi connectivity index (χ0v) is 13.2. The Hall–Kier alpha value is -1.42. The molecular formula is C16H16Cl2N2O. The summed E-state index contributed by atoms with van der Waals surface area (Å²) in [6.07, 6.45) is 0. The summed E-state index contributed by atoms with van der Waals surface area (Å²) in [7, 11) is 1.67. The summed E-state index contributed by atoms with van der Waals surface area (Å²) in [5, 5.41) is 1.43. The number of fused-ring (bicyclic) bond motifs is 1. The molecule has 2 N–H and O–H groups in total. The molecule has 1 aliphatic heterocycles. The number of nitrogens with two attached hydrogens (primary N) is 1. The first-order chi connectivity index (χ1) is 10.2. The molecule has 0 bridgehead atoms. The molecule has 1 heterocycles. The van der Waals surface area contributed by atoms with Crippen LogP contribution in [0.1, 0.15) is 17.2 Å². The molecule has 3 rings (SSSR count). The van der Waals surface area contributed by atoms with Crippen molar-refractivity contribution < 1.29 is 4.74 Å². The highest BCUT2D eigenvalue weighted by Gasteiger charge is 2.33. The molecule has 0 amide bonds. The lowest BCUT2D eigenvalue weighted by Gasteiger charge is -2.26. The highest BCUT2D eigenvalue weighted by atomic mass is 35.5. The number of hydrogen-bond donors (Lipinski definition) is 1. The van der Waals surface area contributed by atoms with Crippen LogP contribution in [0.4, 0.5) is 5.69 Å². The molecule has 0 spiro atoms. The first kappa shape index (κ1) is 14.5. The van der Waals surface area contributed by atoms with Crippen LogP contribution in [0.3, 0.4) is 0 Å². The van der Waals surface area contributed by atoms with Gasteiger partial charge in [0.05, 0.1) is 13.2 Å². The predicted octanol–water partition coefficient (Wildman–Crippen LogP) is 4.02. The molecule has 0 saturated carbocycles. The van der Waals surface area contributed by atoms with Gasteiger partial charge in [-0.3, -0.25) is 0 Å². The number of anilines is 1. The lowest BCUT2D eigenvalue weighted by Crippen LogP contribution is -2.27. The summed E-state index contributed by atoms with van der Waals surface area (Å²) in [4.78, 5) is 2.21. The average molecular weight is 323 g/mol. The van der Waals surface area contributed by atoms with Gasteiger partial charge in [-0.05, 0) is 30.3 Å². The van der Waals surface area contributed by atoms with Crippen molar-refractivity contribution in [2.75, 3.05) is 18.6 Å². The first-order valence-electron chi connectivity index (χ1n) is 6.73. The molecule has 110 valence electrons. The summed E-state index contributed by atoms with van der Waals surface area (Å²) in [5.41, 5.74) is 9.19. The molecule has 1 aliphatic rings. The molecule has 0 aromatic heterocycles. The number of benzene rings is 2. The van der Waals surface area contributed by atoms with Crippen molar-refractivity contribution in [1.82, 2.24) is 0 Å². The smallest absolute Gasteiger partial charge is 0.124 e. The van der Waals surface area contributed by atoms with Crippen molar-refractivity contribution in [2.45, 2.75) is 12.6 Å². The van der Waals surface area contributed by atoms with Crippen LogP contribution in [-0.4, -0.2) is 13.7 Å². The Labute approximate surface area is 134 Å². The van der Waals surface area contributed by atoms with Gasteiger partial charge in [0.15, 0.2) is 0 Å². The quantitative estimate of drug-likeness (QED) is 0.927. The summed E-state index contributed by atoms with van der Waals surface area (Å²) in [6, 6.07) is 11.6. The van der Waals surface area contributed by atoms with E-state index < -0.39 is 0 Å². The van der Waals surface area contributed by atoms with Crippen molar-refractivity contribution in [3.05, 3.63) is 57.6 Å². The van der Waals surface area contributed by atoms with Gasteiger partial charge in [0.2, 0.25) is 0 Å². The van der Waals surface area contributed by atoms with E-state index in [0.717, 1.165) is 27.6 Å². The number of nitrogens with zero attached hydrogens (tertiary/aromatic N) is 1. The zero-order valence-electron chi connectivity index (χ0n) is 11.6. The van der Waals surface area contributed by atoms with Gasteiger partial charge in [-0.15, -0.1) is 0 Å². The van der Waals surface area contributed by atoms with Gasteiger partial charge in [-0.1, -0.05) is 29.3 Å². The Bertz CT molecular complexity index is 675. The molecule has 1 unspecified atom stereocenters. The molecule has 0 fully saturated rings. The Kier molecular flexibility index (Phi) is 3.98. The summed E-state index contributed by atoms with van der Waals surface area (Å²) >= 11 is 12.5. The first-order valence-corrected chi connectivity index (χ1v) is 7.49. The minimum atomic E-state index is 0.0288. The van der Waals surface area contributed by atoms with E-state index in [0.29, 0.717) is 18.1 Å². The Balaban J connectivity index is 2.09. The van der Waals surface area contributed by atoms with E-state index >= 15 is 0 Å². The van der Waals surface area contributed by atoms with E-state index in [1.54, 1.807) is 7.11 Å². The highest BCUT2D eigenvalue weighted by Crippen LogP contribution is 2.44. The van der Waals surface area contributed by atoms with Gasteiger partial charge in [0.1, 0.15) is 5.75 Å². The van der Waals surface area contributed by atoms with Gasteiger partial charge in [0.25, 0.3) is 0 Å². The van der Waals surface area contributed by atoms with E-state index in [2.05, 4.69) is 4.90 Å². The third kappa shape index (κ3) is 2.46. The highest BCUT2D eigenvalue weighted by molar-refractivity contribution is 6.31.